The average molecular weight is 552 g/mol. The summed E-state index contributed by atoms with van der Waals surface area (Å²) in [6.07, 6.45) is 1.98. The third-order valence-corrected chi connectivity index (χ3v) is 11.6. The zero-order valence-electron chi connectivity index (χ0n) is 20.9. The van der Waals surface area contributed by atoms with Crippen LogP contribution in [0.4, 0.5) is 13.2 Å². The van der Waals surface area contributed by atoms with E-state index >= 15 is 0 Å². The van der Waals surface area contributed by atoms with Gasteiger partial charge in [-0.15, -0.1) is 5.10 Å². The SMILES string of the molecule is Cc1ccccc1[C@@H]([SH]1C[C@H](O)[C@H](n2cc(-c3cc(F)c(F)c(F)c3)nn2)[C@@H](O)[C@H]1CO)C1(O)CCCC1. The van der Waals surface area contributed by atoms with E-state index in [9.17, 15) is 33.6 Å². The van der Waals surface area contributed by atoms with E-state index < -0.39 is 57.4 Å². The number of rotatable bonds is 6. The van der Waals surface area contributed by atoms with Gasteiger partial charge in [-0.2, -0.15) is 0 Å². The molecule has 1 saturated heterocycles. The fraction of sp³-hybridized carbons (Fsp3) is 0.481. The fourth-order valence-corrected chi connectivity index (χ4v) is 9.96. The van der Waals surface area contributed by atoms with Gasteiger partial charge in [0.25, 0.3) is 0 Å². The van der Waals surface area contributed by atoms with Crippen molar-refractivity contribution >= 4 is 10.9 Å². The standard InChI is InChI=1S/C27H32F3N3O4S/c1-15-6-2-3-7-17(15)26(27(37)8-4-5-9-27)38-14-21(35)24(25(36)22(38)13-34)33-12-20(31-32-33)16-10-18(28)23(30)19(29)11-16/h2-3,6-7,10-12,21-22,24-26,34-38H,4-5,8-9,13-14H2,1H3/t21-,22+,24-,25-,26+/m0/s1. The summed E-state index contributed by atoms with van der Waals surface area (Å²) < 4.78 is 42.1. The molecular formula is C27H32F3N3O4S. The molecule has 0 radical (unpaired) electrons. The number of aliphatic hydroxyl groups excluding tert-OH is 3. The van der Waals surface area contributed by atoms with Gasteiger partial charge in [0.1, 0.15) is 11.7 Å². The van der Waals surface area contributed by atoms with Crippen molar-refractivity contribution in [3.63, 3.8) is 0 Å². The molecule has 2 aliphatic rings. The Bertz CT molecular complexity index is 1280. The molecular weight excluding hydrogens is 519 g/mol. The van der Waals surface area contributed by atoms with E-state index in [-0.39, 0.29) is 28.9 Å². The van der Waals surface area contributed by atoms with Crippen molar-refractivity contribution in [1.29, 1.82) is 0 Å². The molecule has 5 rings (SSSR count). The van der Waals surface area contributed by atoms with E-state index in [4.69, 9.17) is 0 Å². The van der Waals surface area contributed by atoms with Gasteiger partial charge in [0.05, 0.1) is 30.6 Å². The summed E-state index contributed by atoms with van der Waals surface area (Å²) in [5.74, 6) is -4.10. The molecule has 1 unspecified atom stereocenters. The normalized spacial score (nSPS) is 28.9. The monoisotopic (exact) mass is 551 g/mol. The van der Waals surface area contributed by atoms with Crippen molar-refractivity contribution in [2.24, 2.45) is 0 Å². The third kappa shape index (κ3) is 4.75. The Morgan fingerprint density at radius 2 is 1.76 bits per heavy atom. The molecule has 1 aromatic heterocycles. The molecule has 206 valence electrons. The Balaban J connectivity index is 1.49. The molecule has 1 aliphatic carbocycles. The van der Waals surface area contributed by atoms with Crippen molar-refractivity contribution in [2.75, 3.05) is 12.4 Å². The van der Waals surface area contributed by atoms with Gasteiger partial charge in [0.15, 0.2) is 17.5 Å². The molecule has 1 saturated carbocycles. The molecule has 4 N–H and O–H groups in total. The Morgan fingerprint density at radius 3 is 2.39 bits per heavy atom. The van der Waals surface area contributed by atoms with Crippen LogP contribution in [-0.4, -0.2) is 70.8 Å². The predicted octanol–water partition coefficient (Wildman–Crippen LogP) is 3.36. The second kappa shape index (κ2) is 10.6. The van der Waals surface area contributed by atoms with Gasteiger partial charge in [0.2, 0.25) is 0 Å². The molecule has 0 spiro atoms. The van der Waals surface area contributed by atoms with Crippen molar-refractivity contribution in [1.82, 2.24) is 15.0 Å². The molecule has 0 bridgehead atoms. The molecule has 2 fully saturated rings. The van der Waals surface area contributed by atoms with Gasteiger partial charge in [-0.25, -0.2) is 28.7 Å². The van der Waals surface area contributed by atoms with E-state index in [1.54, 1.807) is 0 Å². The first-order valence-corrected chi connectivity index (χ1v) is 14.4. The number of hydrogen-bond donors (Lipinski definition) is 5. The molecule has 2 heterocycles. The van der Waals surface area contributed by atoms with Crippen LogP contribution in [0.3, 0.4) is 0 Å². The van der Waals surface area contributed by atoms with Crippen LogP contribution < -0.4 is 0 Å². The van der Waals surface area contributed by atoms with Crippen molar-refractivity contribution < 1.29 is 33.6 Å². The van der Waals surface area contributed by atoms with Gasteiger partial charge in [-0.3, -0.25) is 0 Å². The van der Waals surface area contributed by atoms with Crippen molar-refractivity contribution in [2.45, 2.75) is 67.0 Å². The molecule has 3 aromatic rings. The number of aryl methyl sites for hydroxylation is 1. The van der Waals surface area contributed by atoms with Crippen LogP contribution in [-0.2, 0) is 0 Å². The summed E-state index contributed by atoms with van der Waals surface area (Å²) in [6, 6.07) is 8.39. The average Bonchev–Trinajstić information content (AvgIpc) is 3.54. The van der Waals surface area contributed by atoms with Gasteiger partial charge < -0.3 is 20.4 Å². The molecule has 38 heavy (non-hydrogen) atoms. The second-order valence-electron chi connectivity index (χ2n) is 10.4. The molecule has 11 heteroatoms. The molecule has 1 aliphatic heterocycles. The maximum atomic E-state index is 13.8. The third-order valence-electron chi connectivity index (χ3n) is 8.04. The van der Waals surface area contributed by atoms with Crippen LogP contribution in [0, 0.1) is 24.4 Å². The lowest BCUT2D eigenvalue weighted by atomic mass is 9.90. The zero-order chi connectivity index (χ0) is 27.2. The number of nitrogens with zero attached hydrogens (tertiary/aromatic N) is 3. The van der Waals surface area contributed by atoms with E-state index in [1.807, 2.05) is 31.2 Å². The summed E-state index contributed by atoms with van der Waals surface area (Å²) in [5.41, 5.74) is 0.949. The zero-order valence-corrected chi connectivity index (χ0v) is 21.8. The van der Waals surface area contributed by atoms with Crippen LogP contribution in [0.25, 0.3) is 11.3 Å². The number of aliphatic hydroxyl groups is 4. The highest BCUT2D eigenvalue weighted by Gasteiger charge is 2.51. The Labute approximate surface area is 221 Å². The first-order valence-electron chi connectivity index (χ1n) is 12.7. The van der Waals surface area contributed by atoms with Gasteiger partial charge in [-0.05, 0) is 43.0 Å². The summed E-state index contributed by atoms with van der Waals surface area (Å²) in [6.45, 7) is 1.62. The van der Waals surface area contributed by atoms with Gasteiger partial charge in [-0.1, -0.05) is 42.3 Å². The number of hydrogen-bond acceptors (Lipinski definition) is 6. The Kier molecular flexibility index (Phi) is 7.58. The van der Waals surface area contributed by atoms with Crippen LogP contribution in [0.5, 0.6) is 0 Å². The molecule has 7 nitrogen and oxygen atoms in total. The van der Waals surface area contributed by atoms with Crippen LogP contribution in [0.2, 0.25) is 0 Å². The summed E-state index contributed by atoms with van der Waals surface area (Å²) in [7, 11) is -1.30. The lowest BCUT2D eigenvalue weighted by molar-refractivity contribution is 0.00422. The Morgan fingerprint density at radius 1 is 1.11 bits per heavy atom. The number of aromatic nitrogens is 3. The minimum absolute atomic E-state index is 0.0358. The van der Waals surface area contributed by atoms with E-state index in [0.29, 0.717) is 12.8 Å². The smallest absolute Gasteiger partial charge is 0.194 e. The van der Waals surface area contributed by atoms with E-state index in [0.717, 1.165) is 36.1 Å². The topological polar surface area (TPSA) is 112 Å². The Hall–Kier alpha value is -2.44. The first kappa shape index (κ1) is 27.1. The summed E-state index contributed by atoms with van der Waals surface area (Å²) in [4.78, 5) is 0. The lowest BCUT2D eigenvalue weighted by Gasteiger charge is -2.51. The lowest BCUT2D eigenvalue weighted by Crippen LogP contribution is -2.52. The highest BCUT2D eigenvalue weighted by Crippen LogP contribution is 2.60. The van der Waals surface area contributed by atoms with Gasteiger partial charge in [0, 0.05) is 21.8 Å². The maximum absolute atomic E-state index is 13.8. The molecule has 2 aromatic carbocycles. The van der Waals surface area contributed by atoms with Crippen LogP contribution >= 0.6 is 10.9 Å². The van der Waals surface area contributed by atoms with Crippen molar-refractivity contribution in [3.05, 3.63) is 71.2 Å². The van der Waals surface area contributed by atoms with Gasteiger partial charge >= 0.3 is 0 Å². The highest BCUT2D eigenvalue weighted by molar-refractivity contribution is 8.18. The molecule has 6 atom stereocenters. The minimum atomic E-state index is -1.59. The van der Waals surface area contributed by atoms with Crippen molar-refractivity contribution in [3.8, 4) is 11.3 Å². The number of thiol groups is 1. The van der Waals surface area contributed by atoms with E-state index in [2.05, 4.69) is 10.3 Å². The first-order chi connectivity index (χ1) is 18.1. The maximum Gasteiger partial charge on any atom is 0.194 e. The number of halogens is 3. The quantitative estimate of drug-likeness (QED) is 0.237. The largest absolute Gasteiger partial charge is 0.395 e. The number of benzene rings is 2. The van der Waals surface area contributed by atoms with E-state index in [1.165, 1.54) is 10.9 Å². The minimum Gasteiger partial charge on any atom is -0.395 e. The fourth-order valence-electron chi connectivity index (χ4n) is 6.14. The second-order valence-corrected chi connectivity index (χ2v) is 13.0. The highest BCUT2D eigenvalue weighted by atomic mass is 32.2. The summed E-state index contributed by atoms with van der Waals surface area (Å²) in [5, 5.41) is 52.0. The summed E-state index contributed by atoms with van der Waals surface area (Å²) >= 11 is 0. The molecule has 0 amide bonds. The van der Waals surface area contributed by atoms with Crippen LogP contribution in [0.15, 0.2) is 42.6 Å². The predicted molar refractivity (Wildman–Crippen MR) is 138 cm³/mol. The van der Waals surface area contributed by atoms with Crippen LogP contribution in [0.1, 0.15) is 48.1 Å².